The number of hydrogen-bond acceptors (Lipinski definition) is 2. The van der Waals surface area contributed by atoms with Crippen LogP contribution in [0.3, 0.4) is 0 Å². The highest BCUT2D eigenvalue weighted by Crippen LogP contribution is 2.28. The molecule has 1 unspecified atom stereocenters. The van der Waals surface area contributed by atoms with E-state index in [1.807, 2.05) is 0 Å². The average molecular weight is 227 g/mol. The summed E-state index contributed by atoms with van der Waals surface area (Å²) in [6.07, 6.45) is 0.398. The molecule has 0 aliphatic rings. The van der Waals surface area contributed by atoms with Gasteiger partial charge in [-0.15, -0.1) is 0 Å². The smallest absolute Gasteiger partial charge is 0.138 e. The third kappa shape index (κ3) is 2.03. The predicted molar refractivity (Wildman–Crippen MR) is 54.2 cm³/mol. The maximum atomic E-state index is 12.9. The third-order valence-electron chi connectivity index (χ3n) is 2.07. The molecule has 1 N–H and O–H groups in total. The molecule has 0 saturated heterocycles. The Balaban J connectivity index is 2.41. The Hall–Kier alpha value is -1.32. The molecule has 0 saturated carbocycles. The highest BCUT2D eigenvalue weighted by atomic mass is 35.5. The predicted octanol–water partition coefficient (Wildman–Crippen LogP) is 3.15. The molecule has 0 fully saturated rings. The largest absolute Gasteiger partial charge is 0.466 e. The maximum absolute atomic E-state index is 12.9. The normalized spacial score (nSPS) is 12.7. The van der Waals surface area contributed by atoms with Crippen molar-refractivity contribution < 1.29 is 13.9 Å². The van der Waals surface area contributed by atoms with Crippen LogP contribution in [0.25, 0.3) is 0 Å². The summed E-state index contributed by atoms with van der Waals surface area (Å²) >= 11 is 5.84. The topological polar surface area (TPSA) is 33.4 Å². The molecule has 4 heteroatoms. The first-order chi connectivity index (χ1) is 7.18. The van der Waals surface area contributed by atoms with Crippen LogP contribution in [0, 0.1) is 5.82 Å². The Labute approximate surface area is 90.9 Å². The number of aliphatic hydroxyl groups is 1. The molecule has 2 aromatic rings. The zero-order valence-corrected chi connectivity index (χ0v) is 8.41. The van der Waals surface area contributed by atoms with Crippen LogP contribution < -0.4 is 0 Å². The average Bonchev–Trinajstić information content (AvgIpc) is 2.74. The fraction of sp³-hybridized carbons (Fsp3) is 0.0909. The monoisotopic (exact) mass is 226 g/mol. The van der Waals surface area contributed by atoms with Gasteiger partial charge in [0.2, 0.25) is 0 Å². The van der Waals surface area contributed by atoms with Crippen LogP contribution in [0.5, 0.6) is 0 Å². The fourth-order valence-corrected chi connectivity index (χ4v) is 1.55. The van der Waals surface area contributed by atoms with Crippen LogP contribution in [-0.4, -0.2) is 5.11 Å². The van der Waals surface area contributed by atoms with Crippen molar-refractivity contribution in [1.29, 1.82) is 0 Å². The van der Waals surface area contributed by atoms with Crippen molar-refractivity contribution in [3.05, 3.63) is 58.8 Å². The van der Waals surface area contributed by atoms with E-state index in [0.29, 0.717) is 16.3 Å². The van der Waals surface area contributed by atoms with Gasteiger partial charge in [-0.1, -0.05) is 11.6 Å². The lowest BCUT2D eigenvalue weighted by Crippen LogP contribution is -1.99. The summed E-state index contributed by atoms with van der Waals surface area (Å²) in [4.78, 5) is 0. The second-order valence-electron chi connectivity index (χ2n) is 3.08. The number of furan rings is 1. The maximum Gasteiger partial charge on any atom is 0.138 e. The van der Waals surface area contributed by atoms with E-state index in [0.717, 1.165) is 0 Å². The first-order valence-electron chi connectivity index (χ1n) is 4.35. The quantitative estimate of drug-likeness (QED) is 0.853. The minimum Gasteiger partial charge on any atom is -0.466 e. The Morgan fingerprint density at radius 3 is 2.80 bits per heavy atom. The molecule has 0 aliphatic heterocycles. The molecule has 0 bridgehead atoms. The van der Waals surface area contributed by atoms with Gasteiger partial charge >= 0.3 is 0 Å². The van der Waals surface area contributed by atoms with Gasteiger partial charge in [-0.05, 0) is 30.3 Å². The number of rotatable bonds is 2. The van der Waals surface area contributed by atoms with Crippen LogP contribution >= 0.6 is 11.6 Å². The number of hydrogen-bond donors (Lipinski definition) is 1. The van der Waals surface area contributed by atoms with Crippen LogP contribution in [0.2, 0.25) is 5.02 Å². The first kappa shape index (κ1) is 10.2. The molecule has 0 spiro atoms. The zero-order chi connectivity index (χ0) is 10.8. The van der Waals surface area contributed by atoms with Crippen molar-refractivity contribution in [2.75, 3.05) is 0 Å². The molecule has 2 nitrogen and oxygen atoms in total. The van der Waals surface area contributed by atoms with Crippen LogP contribution in [0.4, 0.5) is 4.39 Å². The molecule has 0 radical (unpaired) electrons. The summed E-state index contributed by atoms with van der Waals surface area (Å²) in [5.41, 5.74) is 0.298. The zero-order valence-electron chi connectivity index (χ0n) is 7.65. The summed E-state index contributed by atoms with van der Waals surface area (Å²) in [5.74, 6) is -0.109. The standard InChI is InChI=1S/C11H8ClFO2/c12-9-4-3-7(13)6-8(9)11(14)10-2-1-5-15-10/h1-6,11,14H. The minimum absolute atomic E-state index is 0.298. The van der Waals surface area contributed by atoms with E-state index < -0.39 is 11.9 Å². The van der Waals surface area contributed by atoms with Crippen molar-refractivity contribution in [3.8, 4) is 0 Å². The van der Waals surface area contributed by atoms with Gasteiger partial charge in [0.15, 0.2) is 0 Å². The molecule has 78 valence electrons. The van der Waals surface area contributed by atoms with Crippen molar-refractivity contribution in [3.63, 3.8) is 0 Å². The summed E-state index contributed by atoms with van der Waals surface area (Å²) in [6.45, 7) is 0. The fourth-order valence-electron chi connectivity index (χ4n) is 1.32. The second-order valence-corrected chi connectivity index (χ2v) is 3.49. The lowest BCUT2D eigenvalue weighted by Gasteiger charge is -2.09. The Morgan fingerprint density at radius 2 is 2.13 bits per heavy atom. The number of halogens is 2. The molecular formula is C11H8ClFO2. The number of aliphatic hydroxyl groups excluding tert-OH is 1. The Bertz CT molecular complexity index is 454. The first-order valence-corrected chi connectivity index (χ1v) is 4.72. The SMILES string of the molecule is OC(c1ccco1)c1cc(F)ccc1Cl. The third-order valence-corrected chi connectivity index (χ3v) is 2.41. The van der Waals surface area contributed by atoms with Crippen molar-refractivity contribution in [2.45, 2.75) is 6.10 Å². The van der Waals surface area contributed by atoms with E-state index in [9.17, 15) is 9.50 Å². The van der Waals surface area contributed by atoms with Gasteiger partial charge in [0.25, 0.3) is 0 Å². The van der Waals surface area contributed by atoms with E-state index in [1.165, 1.54) is 24.5 Å². The van der Waals surface area contributed by atoms with Crippen LogP contribution in [-0.2, 0) is 0 Å². The Morgan fingerprint density at radius 1 is 1.33 bits per heavy atom. The highest BCUT2D eigenvalue weighted by Gasteiger charge is 2.16. The summed E-state index contributed by atoms with van der Waals surface area (Å²) in [7, 11) is 0. The summed E-state index contributed by atoms with van der Waals surface area (Å²) in [5, 5.41) is 10.1. The molecular weight excluding hydrogens is 219 g/mol. The van der Waals surface area contributed by atoms with Gasteiger partial charge in [0.1, 0.15) is 17.7 Å². The summed E-state index contributed by atoms with van der Waals surface area (Å²) in [6, 6.07) is 7.08. The van der Waals surface area contributed by atoms with Crippen molar-refractivity contribution >= 4 is 11.6 Å². The van der Waals surface area contributed by atoms with Gasteiger partial charge in [-0.3, -0.25) is 0 Å². The second kappa shape index (κ2) is 4.04. The van der Waals surface area contributed by atoms with E-state index in [4.69, 9.17) is 16.0 Å². The molecule has 1 aromatic carbocycles. The van der Waals surface area contributed by atoms with Crippen LogP contribution in [0.1, 0.15) is 17.4 Å². The minimum atomic E-state index is -1.04. The van der Waals surface area contributed by atoms with Gasteiger partial charge in [-0.25, -0.2) is 4.39 Å². The van der Waals surface area contributed by atoms with E-state index in [-0.39, 0.29) is 0 Å². The molecule has 1 heterocycles. The van der Waals surface area contributed by atoms with Gasteiger partial charge in [-0.2, -0.15) is 0 Å². The lowest BCUT2D eigenvalue weighted by atomic mass is 10.1. The molecule has 15 heavy (non-hydrogen) atoms. The van der Waals surface area contributed by atoms with E-state index in [2.05, 4.69) is 0 Å². The molecule has 0 amide bonds. The molecule has 2 rings (SSSR count). The van der Waals surface area contributed by atoms with E-state index in [1.54, 1.807) is 12.1 Å². The van der Waals surface area contributed by atoms with Crippen molar-refractivity contribution in [2.24, 2.45) is 0 Å². The molecule has 1 aromatic heterocycles. The van der Waals surface area contributed by atoms with Gasteiger partial charge in [0, 0.05) is 10.6 Å². The Kier molecular flexibility index (Phi) is 2.75. The van der Waals surface area contributed by atoms with Crippen LogP contribution in [0.15, 0.2) is 41.0 Å². The highest BCUT2D eigenvalue weighted by molar-refractivity contribution is 6.31. The number of benzene rings is 1. The van der Waals surface area contributed by atoms with E-state index >= 15 is 0 Å². The lowest BCUT2D eigenvalue weighted by molar-refractivity contribution is 0.189. The molecule has 0 aliphatic carbocycles. The van der Waals surface area contributed by atoms with Crippen molar-refractivity contribution in [1.82, 2.24) is 0 Å². The van der Waals surface area contributed by atoms with Gasteiger partial charge < -0.3 is 9.52 Å². The van der Waals surface area contributed by atoms with Gasteiger partial charge in [0.05, 0.1) is 6.26 Å². The summed E-state index contributed by atoms with van der Waals surface area (Å²) < 4.78 is 18.0. The molecule has 1 atom stereocenters.